The number of hydrogen-bond acceptors (Lipinski definition) is 5. The van der Waals surface area contributed by atoms with Crippen LogP contribution in [0.25, 0.3) is 0 Å². The summed E-state index contributed by atoms with van der Waals surface area (Å²) in [6.07, 6.45) is 1.07. The Labute approximate surface area is 113 Å². The highest BCUT2D eigenvalue weighted by molar-refractivity contribution is 14.1. The fourth-order valence-corrected chi connectivity index (χ4v) is 2.37. The first-order valence-corrected chi connectivity index (χ1v) is 8.39. The van der Waals surface area contributed by atoms with Crippen LogP contribution in [-0.4, -0.2) is 49.3 Å². The van der Waals surface area contributed by atoms with E-state index in [2.05, 4.69) is 33.4 Å². The van der Waals surface area contributed by atoms with Crippen molar-refractivity contribution in [2.45, 2.75) is 6.04 Å². The van der Waals surface area contributed by atoms with Crippen molar-refractivity contribution in [2.24, 2.45) is 5.92 Å². The Morgan fingerprint density at radius 3 is 2.71 bits per heavy atom. The molecule has 1 rings (SSSR count). The molecule has 0 spiro atoms. The van der Waals surface area contributed by atoms with Crippen LogP contribution >= 0.6 is 22.6 Å². The number of amides is 2. The first kappa shape index (κ1) is 14.6. The number of alkyl halides is 1. The SMILES string of the molecule is CS(=O)(=O)CCONC(=O)C1C(=O)NC1CI. The molecular formula is C8H13IN2O5S. The molecule has 2 N–H and O–H groups in total. The van der Waals surface area contributed by atoms with Crippen LogP contribution in [0.1, 0.15) is 0 Å². The van der Waals surface area contributed by atoms with Crippen molar-refractivity contribution >= 4 is 44.2 Å². The van der Waals surface area contributed by atoms with Gasteiger partial charge in [-0.1, -0.05) is 22.6 Å². The van der Waals surface area contributed by atoms with E-state index in [9.17, 15) is 18.0 Å². The third-order valence-corrected chi connectivity index (χ3v) is 4.05. The highest BCUT2D eigenvalue weighted by Gasteiger charge is 2.44. The Balaban J connectivity index is 2.28. The Bertz CT molecular complexity index is 410. The average molecular weight is 376 g/mol. The van der Waals surface area contributed by atoms with E-state index in [1.54, 1.807) is 0 Å². The first-order valence-electron chi connectivity index (χ1n) is 4.81. The molecule has 1 aliphatic rings. The predicted molar refractivity (Wildman–Crippen MR) is 68.1 cm³/mol. The molecule has 1 heterocycles. The number of carbonyl (C=O) groups excluding carboxylic acids is 2. The van der Waals surface area contributed by atoms with E-state index in [1.807, 2.05) is 0 Å². The lowest BCUT2D eigenvalue weighted by Gasteiger charge is -2.33. The Hall–Kier alpha value is -0.420. The van der Waals surface area contributed by atoms with Crippen molar-refractivity contribution in [3.63, 3.8) is 0 Å². The molecule has 2 unspecified atom stereocenters. The van der Waals surface area contributed by atoms with Gasteiger partial charge in [0, 0.05) is 10.7 Å². The van der Waals surface area contributed by atoms with Crippen molar-refractivity contribution in [3.8, 4) is 0 Å². The minimum Gasteiger partial charge on any atom is -0.350 e. The smallest absolute Gasteiger partial charge is 0.258 e. The molecule has 0 saturated carbocycles. The molecule has 1 fully saturated rings. The fourth-order valence-electron chi connectivity index (χ4n) is 1.25. The molecule has 98 valence electrons. The fraction of sp³-hybridized carbons (Fsp3) is 0.750. The molecule has 2 atom stereocenters. The minimum absolute atomic E-state index is 0.131. The predicted octanol–water partition coefficient (Wildman–Crippen LogP) is -1.37. The highest BCUT2D eigenvalue weighted by Crippen LogP contribution is 2.17. The Kier molecular flexibility index (Phi) is 5.13. The van der Waals surface area contributed by atoms with Crippen molar-refractivity contribution in [1.82, 2.24) is 10.8 Å². The van der Waals surface area contributed by atoms with Gasteiger partial charge in [-0.15, -0.1) is 0 Å². The number of hydroxylamine groups is 1. The lowest BCUT2D eigenvalue weighted by Crippen LogP contribution is -2.64. The molecule has 0 radical (unpaired) electrons. The van der Waals surface area contributed by atoms with Gasteiger partial charge in [0.25, 0.3) is 5.91 Å². The second-order valence-corrected chi connectivity index (χ2v) is 6.83. The van der Waals surface area contributed by atoms with E-state index in [-0.39, 0.29) is 24.3 Å². The molecular weight excluding hydrogens is 363 g/mol. The largest absolute Gasteiger partial charge is 0.350 e. The summed E-state index contributed by atoms with van der Waals surface area (Å²) in [5, 5.41) is 2.58. The van der Waals surface area contributed by atoms with E-state index >= 15 is 0 Å². The molecule has 2 amide bonds. The standard InChI is InChI=1S/C8H13IN2O5S/c1-17(14,15)3-2-16-11-8(13)6-5(4-9)10-7(6)12/h5-6H,2-4H2,1H3,(H,10,12)(H,11,13). The zero-order chi connectivity index (χ0) is 13.1. The van der Waals surface area contributed by atoms with Crippen LogP contribution < -0.4 is 10.8 Å². The zero-order valence-electron chi connectivity index (χ0n) is 9.10. The van der Waals surface area contributed by atoms with Crippen LogP contribution in [0.2, 0.25) is 0 Å². The third kappa shape index (κ3) is 4.39. The number of rotatable bonds is 6. The van der Waals surface area contributed by atoms with Gasteiger partial charge in [0.1, 0.15) is 15.8 Å². The van der Waals surface area contributed by atoms with E-state index in [1.165, 1.54) is 0 Å². The highest BCUT2D eigenvalue weighted by atomic mass is 127. The van der Waals surface area contributed by atoms with Crippen LogP contribution in [0.15, 0.2) is 0 Å². The second-order valence-electron chi connectivity index (χ2n) is 3.69. The number of sulfone groups is 1. The monoisotopic (exact) mass is 376 g/mol. The molecule has 17 heavy (non-hydrogen) atoms. The summed E-state index contributed by atoms with van der Waals surface area (Å²) in [7, 11) is -3.12. The Morgan fingerprint density at radius 2 is 2.24 bits per heavy atom. The van der Waals surface area contributed by atoms with Crippen molar-refractivity contribution in [1.29, 1.82) is 0 Å². The van der Waals surface area contributed by atoms with Gasteiger partial charge in [-0.25, -0.2) is 13.9 Å². The number of nitrogens with one attached hydrogen (secondary N) is 2. The summed E-state index contributed by atoms with van der Waals surface area (Å²) in [6.45, 7) is -0.131. The average Bonchev–Trinajstić information content (AvgIpc) is 2.19. The van der Waals surface area contributed by atoms with Gasteiger partial charge in [0.2, 0.25) is 5.91 Å². The molecule has 0 aromatic rings. The summed E-state index contributed by atoms with van der Waals surface area (Å²) in [5.41, 5.74) is 2.08. The molecule has 0 aliphatic carbocycles. The maximum atomic E-state index is 11.5. The zero-order valence-corrected chi connectivity index (χ0v) is 12.1. The third-order valence-electron chi connectivity index (χ3n) is 2.19. The molecule has 1 saturated heterocycles. The van der Waals surface area contributed by atoms with Gasteiger partial charge < -0.3 is 5.32 Å². The maximum Gasteiger partial charge on any atom is 0.258 e. The number of halogens is 1. The van der Waals surface area contributed by atoms with Crippen LogP contribution in [0.4, 0.5) is 0 Å². The molecule has 9 heteroatoms. The van der Waals surface area contributed by atoms with Crippen LogP contribution in [0, 0.1) is 5.92 Å². The van der Waals surface area contributed by atoms with Crippen LogP contribution in [0.3, 0.4) is 0 Å². The van der Waals surface area contributed by atoms with Crippen molar-refractivity contribution < 1.29 is 22.8 Å². The maximum absolute atomic E-state index is 11.5. The number of β-lactam (4-membered cyclic amide) rings is 1. The molecule has 7 nitrogen and oxygen atoms in total. The van der Waals surface area contributed by atoms with Gasteiger partial charge in [-0.05, 0) is 0 Å². The van der Waals surface area contributed by atoms with E-state index in [4.69, 9.17) is 4.84 Å². The van der Waals surface area contributed by atoms with Crippen molar-refractivity contribution in [2.75, 3.05) is 23.0 Å². The Morgan fingerprint density at radius 1 is 1.59 bits per heavy atom. The minimum atomic E-state index is -3.12. The van der Waals surface area contributed by atoms with Gasteiger partial charge >= 0.3 is 0 Å². The van der Waals surface area contributed by atoms with Crippen molar-refractivity contribution in [3.05, 3.63) is 0 Å². The topological polar surface area (TPSA) is 102 Å². The summed E-state index contributed by atoms with van der Waals surface area (Å²) < 4.78 is 22.2. The summed E-state index contributed by atoms with van der Waals surface area (Å²) in [6, 6.07) is -0.179. The van der Waals surface area contributed by atoms with Gasteiger partial charge in [0.05, 0.1) is 18.4 Å². The van der Waals surface area contributed by atoms with Gasteiger partial charge in [0.15, 0.2) is 0 Å². The summed E-state index contributed by atoms with van der Waals surface area (Å²) >= 11 is 2.06. The van der Waals surface area contributed by atoms with Crippen LogP contribution in [-0.2, 0) is 24.3 Å². The van der Waals surface area contributed by atoms with E-state index in [0.717, 1.165) is 6.26 Å². The molecule has 0 aromatic carbocycles. The lowest BCUT2D eigenvalue weighted by molar-refractivity contribution is -0.150. The van der Waals surface area contributed by atoms with Gasteiger partial charge in [-0.3, -0.25) is 14.4 Å². The quantitative estimate of drug-likeness (QED) is 0.149. The van der Waals surface area contributed by atoms with Gasteiger partial charge in [-0.2, -0.15) is 0 Å². The number of carbonyl (C=O) groups is 2. The molecule has 0 bridgehead atoms. The summed E-state index contributed by atoms with van der Waals surface area (Å²) in [5.74, 6) is -1.80. The second kappa shape index (κ2) is 5.96. The van der Waals surface area contributed by atoms with Crippen LogP contribution in [0.5, 0.6) is 0 Å². The van der Waals surface area contributed by atoms with E-state index < -0.39 is 21.7 Å². The van der Waals surface area contributed by atoms with E-state index in [0.29, 0.717) is 4.43 Å². The lowest BCUT2D eigenvalue weighted by atomic mass is 9.91. The normalized spacial score (nSPS) is 23.8. The molecule has 0 aromatic heterocycles. The first-order chi connectivity index (χ1) is 7.85. The summed E-state index contributed by atoms with van der Waals surface area (Å²) in [4.78, 5) is 27.3. The molecule has 1 aliphatic heterocycles. The number of hydrogen-bond donors (Lipinski definition) is 2.